The molecule has 0 N–H and O–H groups in total. The maximum Gasteiger partial charge on any atom is 0.243 e. The lowest BCUT2D eigenvalue weighted by molar-refractivity contribution is -0.131. The van der Waals surface area contributed by atoms with Gasteiger partial charge in [-0.2, -0.15) is 4.31 Å². The summed E-state index contributed by atoms with van der Waals surface area (Å²) in [5.41, 5.74) is 0.887. The van der Waals surface area contributed by atoms with Crippen LogP contribution in [0.5, 0.6) is 0 Å². The highest BCUT2D eigenvalue weighted by atomic mass is 32.2. The maximum atomic E-state index is 12.7. The number of hydrogen-bond acceptors (Lipinski definition) is 5. The molecule has 0 bridgehead atoms. The minimum Gasteiger partial charge on any atom is -0.342 e. The summed E-state index contributed by atoms with van der Waals surface area (Å²) >= 11 is 0. The van der Waals surface area contributed by atoms with E-state index in [0.717, 1.165) is 24.8 Å². The molecule has 1 amide bonds. The monoisotopic (exact) mass is 428 g/mol. The molecular weight excluding hydrogens is 400 g/mol. The van der Waals surface area contributed by atoms with Crippen LogP contribution < -0.4 is 0 Å². The lowest BCUT2D eigenvalue weighted by atomic mass is 10.1. The van der Waals surface area contributed by atoms with Gasteiger partial charge in [0.1, 0.15) is 0 Å². The van der Waals surface area contributed by atoms with Gasteiger partial charge in [0.15, 0.2) is 9.84 Å². The van der Waals surface area contributed by atoms with Crippen molar-refractivity contribution in [2.45, 2.75) is 49.5 Å². The van der Waals surface area contributed by atoms with Crippen LogP contribution >= 0.6 is 0 Å². The SMILES string of the molecule is CN(C(=O)CCc1ccc(S(=O)(=O)N2CCCCC2)cc1)[C@H]1CCS(=O)(=O)C1. The van der Waals surface area contributed by atoms with Gasteiger partial charge >= 0.3 is 0 Å². The van der Waals surface area contributed by atoms with E-state index in [4.69, 9.17) is 0 Å². The third-order valence-corrected chi connectivity index (χ3v) is 9.32. The standard InChI is InChI=1S/C19H28N2O5S2/c1-20(17-11-14-27(23,24)15-17)19(22)10-7-16-5-8-18(9-6-16)28(25,26)21-12-3-2-4-13-21/h5-6,8-9,17H,2-4,7,10-15H2,1H3/t17-/m0/s1. The smallest absolute Gasteiger partial charge is 0.243 e. The summed E-state index contributed by atoms with van der Waals surface area (Å²) in [4.78, 5) is 14.2. The van der Waals surface area contributed by atoms with Crippen LogP contribution in [0.4, 0.5) is 0 Å². The zero-order valence-electron chi connectivity index (χ0n) is 16.2. The van der Waals surface area contributed by atoms with E-state index in [1.54, 1.807) is 40.5 Å². The van der Waals surface area contributed by atoms with Crippen LogP contribution in [-0.4, -0.2) is 69.6 Å². The van der Waals surface area contributed by atoms with E-state index >= 15 is 0 Å². The topological polar surface area (TPSA) is 91.8 Å². The van der Waals surface area contributed by atoms with Gasteiger partial charge in [-0.1, -0.05) is 18.6 Å². The fourth-order valence-corrected chi connectivity index (χ4v) is 7.09. The van der Waals surface area contributed by atoms with Gasteiger partial charge in [-0.25, -0.2) is 16.8 Å². The first kappa shape index (κ1) is 21.3. The fraction of sp³-hybridized carbons (Fsp3) is 0.632. The van der Waals surface area contributed by atoms with Gasteiger partial charge in [-0.05, 0) is 43.4 Å². The van der Waals surface area contributed by atoms with E-state index in [1.165, 1.54) is 0 Å². The van der Waals surface area contributed by atoms with Gasteiger partial charge in [0, 0.05) is 32.6 Å². The van der Waals surface area contributed by atoms with E-state index in [0.29, 0.717) is 25.9 Å². The van der Waals surface area contributed by atoms with Crippen molar-refractivity contribution in [2.24, 2.45) is 0 Å². The predicted molar refractivity (Wildman–Crippen MR) is 107 cm³/mol. The molecule has 2 fully saturated rings. The van der Waals surface area contributed by atoms with Gasteiger partial charge in [0.2, 0.25) is 15.9 Å². The van der Waals surface area contributed by atoms with Gasteiger partial charge in [0.05, 0.1) is 16.4 Å². The number of benzene rings is 1. The molecule has 0 saturated carbocycles. The summed E-state index contributed by atoms with van der Waals surface area (Å²) in [6.07, 6.45) is 4.12. The number of aryl methyl sites for hydroxylation is 1. The van der Waals surface area contributed by atoms with Crippen molar-refractivity contribution in [1.29, 1.82) is 0 Å². The second-order valence-electron chi connectivity index (χ2n) is 7.67. The Morgan fingerprint density at radius 3 is 2.36 bits per heavy atom. The van der Waals surface area contributed by atoms with E-state index in [9.17, 15) is 21.6 Å². The molecule has 2 aliphatic heterocycles. The van der Waals surface area contributed by atoms with Crippen molar-refractivity contribution in [1.82, 2.24) is 9.21 Å². The number of piperidine rings is 1. The molecule has 28 heavy (non-hydrogen) atoms. The van der Waals surface area contributed by atoms with Crippen LogP contribution in [0.3, 0.4) is 0 Å². The Balaban J connectivity index is 1.56. The summed E-state index contributed by atoms with van der Waals surface area (Å²) in [7, 11) is -4.81. The highest BCUT2D eigenvalue weighted by Gasteiger charge is 2.32. The molecule has 1 atom stereocenters. The molecule has 0 unspecified atom stereocenters. The van der Waals surface area contributed by atoms with Crippen molar-refractivity contribution >= 4 is 25.8 Å². The number of sulfone groups is 1. The third kappa shape index (κ3) is 4.93. The van der Waals surface area contributed by atoms with Gasteiger partial charge in [-0.15, -0.1) is 0 Å². The molecule has 1 aromatic carbocycles. The van der Waals surface area contributed by atoms with Crippen molar-refractivity contribution in [3.63, 3.8) is 0 Å². The summed E-state index contributed by atoms with van der Waals surface area (Å²) < 4.78 is 50.0. The Morgan fingerprint density at radius 1 is 1.14 bits per heavy atom. The summed E-state index contributed by atoms with van der Waals surface area (Å²) in [5, 5.41) is 0. The normalized spacial score (nSPS) is 22.8. The van der Waals surface area contributed by atoms with Crippen LogP contribution in [-0.2, 0) is 31.1 Å². The molecule has 0 aliphatic carbocycles. The van der Waals surface area contributed by atoms with Crippen LogP contribution in [0, 0.1) is 0 Å². The maximum absolute atomic E-state index is 12.7. The average Bonchev–Trinajstić information content (AvgIpc) is 3.06. The van der Waals surface area contributed by atoms with Crippen molar-refractivity contribution < 1.29 is 21.6 Å². The number of carbonyl (C=O) groups excluding carboxylic acids is 1. The molecule has 1 aromatic rings. The average molecular weight is 429 g/mol. The van der Waals surface area contributed by atoms with Crippen molar-refractivity contribution in [3.05, 3.63) is 29.8 Å². The highest BCUT2D eigenvalue weighted by Crippen LogP contribution is 2.22. The molecule has 2 aliphatic rings. The molecule has 9 heteroatoms. The second kappa shape index (κ2) is 8.51. The molecule has 7 nitrogen and oxygen atoms in total. The Hall–Kier alpha value is -1.45. The van der Waals surface area contributed by atoms with Gasteiger partial charge in [-0.3, -0.25) is 4.79 Å². The molecule has 0 aromatic heterocycles. The van der Waals surface area contributed by atoms with Gasteiger partial charge in [0.25, 0.3) is 0 Å². The zero-order valence-corrected chi connectivity index (χ0v) is 17.8. The third-order valence-electron chi connectivity index (χ3n) is 5.65. The summed E-state index contributed by atoms with van der Waals surface area (Å²) in [5.74, 6) is 0.0905. The first-order valence-electron chi connectivity index (χ1n) is 9.74. The Bertz CT molecular complexity index is 904. The number of nitrogens with zero attached hydrogens (tertiary/aromatic N) is 2. The molecular formula is C19H28N2O5S2. The molecule has 2 saturated heterocycles. The van der Waals surface area contributed by atoms with E-state index in [1.807, 2.05) is 0 Å². The fourth-order valence-electron chi connectivity index (χ4n) is 3.79. The summed E-state index contributed by atoms with van der Waals surface area (Å²) in [6, 6.07) is 6.48. The first-order chi connectivity index (χ1) is 13.2. The Morgan fingerprint density at radius 2 is 1.79 bits per heavy atom. The second-order valence-corrected chi connectivity index (χ2v) is 11.8. The quantitative estimate of drug-likeness (QED) is 0.684. The molecule has 156 valence electrons. The number of amides is 1. The van der Waals surface area contributed by atoms with Crippen LogP contribution in [0.2, 0.25) is 0 Å². The van der Waals surface area contributed by atoms with E-state index in [2.05, 4.69) is 0 Å². The largest absolute Gasteiger partial charge is 0.342 e. The van der Waals surface area contributed by atoms with E-state index in [-0.39, 0.29) is 34.8 Å². The molecule has 0 spiro atoms. The zero-order chi connectivity index (χ0) is 20.4. The number of carbonyl (C=O) groups is 1. The van der Waals surface area contributed by atoms with Crippen molar-refractivity contribution in [3.8, 4) is 0 Å². The lowest BCUT2D eigenvalue weighted by Crippen LogP contribution is -2.37. The first-order valence-corrected chi connectivity index (χ1v) is 13.0. The number of sulfonamides is 1. The van der Waals surface area contributed by atoms with Crippen LogP contribution in [0.25, 0.3) is 0 Å². The molecule has 3 rings (SSSR count). The Labute approximate surface area is 167 Å². The van der Waals surface area contributed by atoms with Crippen LogP contribution in [0.1, 0.15) is 37.7 Å². The highest BCUT2D eigenvalue weighted by molar-refractivity contribution is 7.91. The minimum absolute atomic E-state index is 0.0400. The summed E-state index contributed by atoms with van der Waals surface area (Å²) in [6.45, 7) is 1.14. The van der Waals surface area contributed by atoms with Crippen LogP contribution in [0.15, 0.2) is 29.2 Å². The van der Waals surface area contributed by atoms with Gasteiger partial charge < -0.3 is 4.90 Å². The van der Waals surface area contributed by atoms with Crippen molar-refractivity contribution in [2.75, 3.05) is 31.6 Å². The predicted octanol–water partition coefficient (Wildman–Crippen LogP) is 1.44. The Kier molecular flexibility index (Phi) is 6.46. The molecule has 0 radical (unpaired) electrons. The minimum atomic E-state index is -3.44. The van der Waals surface area contributed by atoms with E-state index < -0.39 is 19.9 Å². The molecule has 2 heterocycles. The number of hydrogen-bond donors (Lipinski definition) is 0. The number of rotatable bonds is 6. The lowest BCUT2D eigenvalue weighted by Gasteiger charge is -2.26.